The zero-order valence-corrected chi connectivity index (χ0v) is 37.9. The van der Waals surface area contributed by atoms with E-state index in [1.807, 2.05) is 18.3 Å². The third kappa shape index (κ3) is 5.53. The average molecular weight is 880 g/mol. The Morgan fingerprint density at radius 1 is 0.449 bits per heavy atom. The Balaban J connectivity index is 1.05. The van der Waals surface area contributed by atoms with E-state index in [4.69, 9.17) is 0 Å². The van der Waals surface area contributed by atoms with Crippen LogP contribution >= 0.6 is 0 Å². The molecule has 5 nitrogen and oxygen atoms in total. The van der Waals surface area contributed by atoms with E-state index in [1.165, 1.54) is 22.3 Å². The summed E-state index contributed by atoms with van der Waals surface area (Å²) in [5.74, 6) is 0. The van der Waals surface area contributed by atoms with Crippen LogP contribution in [0, 0.1) is 36.5 Å². The number of para-hydroxylation sites is 3. The first-order chi connectivity index (χ1) is 34.0. The van der Waals surface area contributed by atoms with Gasteiger partial charge in [-0.15, -0.1) is 0 Å². The first-order valence-electron chi connectivity index (χ1n) is 23.3. The summed E-state index contributed by atoms with van der Waals surface area (Å²) < 4.78 is 2.12. The third-order valence-corrected chi connectivity index (χ3v) is 14.8. The highest BCUT2D eigenvalue weighted by Crippen LogP contribution is 2.65. The zero-order chi connectivity index (χ0) is 46.4. The Morgan fingerprint density at radius 2 is 0.986 bits per heavy atom. The summed E-state index contributed by atoms with van der Waals surface area (Å²) in [5.41, 5.74) is 21.0. The number of fused-ring (bicyclic) bond motifs is 12. The number of pyridine rings is 1. The molecule has 322 valence electrons. The minimum Gasteiger partial charge on any atom is -0.310 e. The van der Waals surface area contributed by atoms with Crippen molar-refractivity contribution >= 4 is 38.9 Å². The van der Waals surface area contributed by atoms with E-state index in [0.29, 0.717) is 16.8 Å². The van der Waals surface area contributed by atoms with Gasteiger partial charge in [-0.2, -0.15) is 10.5 Å². The fourth-order valence-electron chi connectivity index (χ4n) is 12.0. The fraction of sp³-hybridized carbons (Fsp3) is 0.0469. The molecule has 1 aliphatic heterocycles. The molecule has 69 heavy (non-hydrogen) atoms. The first-order valence-corrected chi connectivity index (χ1v) is 23.3. The molecular formula is C64H41N5. The zero-order valence-electron chi connectivity index (χ0n) is 37.9. The van der Waals surface area contributed by atoms with Crippen LogP contribution in [0.1, 0.15) is 44.5 Å². The van der Waals surface area contributed by atoms with Crippen molar-refractivity contribution in [2.24, 2.45) is 0 Å². The van der Waals surface area contributed by atoms with Crippen LogP contribution in [0.3, 0.4) is 0 Å². The molecule has 0 atom stereocenters. The number of nitriles is 2. The van der Waals surface area contributed by atoms with Crippen molar-refractivity contribution in [3.05, 3.63) is 257 Å². The third-order valence-electron chi connectivity index (χ3n) is 14.8. The van der Waals surface area contributed by atoms with Crippen molar-refractivity contribution < 1.29 is 0 Å². The lowest BCUT2D eigenvalue weighted by atomic mass is 9.64. The van der Waals surface area contributed by atoms with Gasteiger partial charge in [0, 0.05) is 28.9 Å². The van der Waals surface area contributed by atoms with Gasteiger partial charge in [0.25, 0.3) is 0 Å². The smallest absolute Gasteiger partial charge is 0.102 e. The Kier molecular flexibility index (Phi) is 8.93. The molecule has 5 heteroatoms. The van der Waals surface area contributed by atoms with Gasteiger partial charge < -0.3 is 9.47 Å². The highest BCUT2D eigenvalue weighted by molar-refractivity contribution is 6.11. The van der Waals surface area contributed by atoms with Crippen LogP contribution in [-0.4, -0.2) is 9.55 Å². The predicted molar refractivity (Wildman–Crippen MR) is 279 cm³/mol. The van der Waals surface area contributed by atoms with Crippen molar-refractivity contribution in [2.75, 3.05) is 4.90 Å². The van der Waals surface area contributed by atoms with Gasteiger partial charge in [-0.25, -0.2) is 0 Å². The summed E-state index contributed by atoms with van der Waals surface area (Å²) in [7, 11) is 0. The van der Waals surface area contributed by atoms with Gasteiger partial charge in [-0.1, -0.05) is 158 Å². The molecule has 0 unspecified atom stereocenters. The molecule has 0 radical (unpaired) electrons. The molecule has 3 heterocycles. The van der Waals surface area contributed by atoms with Gasteiger partial charge in [0.2, 0.25) is 0 Å². The Hall–Kier alpha value is -9.29. The molecule has 0 N–H and O–H groups in total. The molecule has 0 bridgehead atoms. The Bertz CT molecular complexity index is 3930. The number of rotatable bonds is 5. The Morgan fingerprint density at radius 3 is 1.65 bits per heavy atom. The van der Waals surface area contributed by atoms with Crippen LogP contribution in [0.5, 0.6) is 0 Å². The predicted octanol–water partition coefficient (Wildman–Crippen LogP) is 15.7. The molecular weight excluding hydrogens is 839 g/mol. The topological polar surface area (TPSA) is 68.6 Å². The standard InChI is InChI=1S/C64H41N5/c1-40-50(37-65)63(69-57-33-32-43(36-49(57)52-39-67-35-34-58(52)69)46-23-10-9-22-45(46)42-18-5-3-6-19-42)51(38-66)41(2)61(40)48-25-17-29-56-62(48)47-24-11-12-26-53(47)64(56)54-27-13-15-30-59(54)68(44-20-7-4-8-21-44)60-31-16-14-28-55(60)64/h3-36,39H,1-2H3. The van der Waals surface area contributed by atoms with Crippen LogP contribution in [0.4, 0.5) is 17.1 Å². The Labute approximate surface area is 400 Å². The maximum atomic E-state index is 11.5. The van der Waals surface area contributed by atoms with Crippen LogP contribution in [-0.2, 0) is 5.41 Å². The summed E-state index contributed by atoms with van der Waals surface area (Å²) in [6.45, 7) is 4.11. The normalized spacial score (nSPS) is 12.8. The van der Waals surface area contributed by atoms with Crippen LogP contribution in [0.25, 0.3) is 72.0 Å². The molecule has 0 saturated heterocycles. The summed E-state index contributed by atoms with van der Waals surface area (Å²) in [6, 6.07) is 76.5. The van der Waals surface area contributed by atoms with E-state index in [-0.39, 0.29) is 0 Å². The molecule has 9 aromatic carbocycles. The fourth-order valence-corrected chi connectivity index (χ4v) is 12.0. The SMILES string of the molecule is Cc1c(C#N)c(-n2c3ccncc3c3cc(-c4ccccc4-c4ccccc4)ccc32)c(C#N)c(C)c1-c1cccc2c1-c1ccccc1C21c2ccccc2N(c2ccccc2)c2ccccc21. The van der Waals surface area contributed by atoms with Crippen molar-refractivity contribution in [2.45, 2.75) is 19.3 Å². The molecule has 2 aromatic heterocycles. The van der Waals surface area contributed by atoms with Gasteiger partial charge in [0.1, 0.15) is 12.1 Å². The second-order valence-electron chi connectivity index (χ2n) is 18.0. The van der Waals surface area contributed by atoms with E-state index in [9.17, 15) is 10.5 Å². The molecule has 0 amide bonds. The number of nitrogens with zero attached hydrogens (tertiary/aromatic N) is 5. The highest BCUT2D eigenvalue weighted by atomic mass is 15.2. The first kappa shape index (κ1) is 40.0. The second-order valence-corrected chi connectivity index (χ2v) is 18.0. The maximum Gasteiger partial charge on any atom is 0.102 e. The number of hydrogen-bond acceptors (Lipinski definition) is 4. The molecule has 11 aromatic rings. The summed E-state index contributed by atoms with van der Waals surface area (Å²) >= 11 is 0. The molecule has 2 aliphatic rings. The van der Waals surface area contributed by atoms with Gasteiger partial charge in [-0.3, -0.25) is 4.98 Å². The van der Waals surface area contributed by atoms with Crippen LogP contribution < -0.4 is 4.90 Å². The lowest BCUT2D eigenvalue weighted by Crippen LogP contribution is -2.36. The van der Waals surface area contributed by atoms with Crippen LogP contribution in [0.15, 0.2) is 213 Å². The number of anilines is 3. The second kappa shape index (κ2) is 15.4. The maximum absolute atomic E-state index is 11.5. The average Bonchev–Trinajstić information content (AvgIpc) is 3.90. The van der Waals surface area contributed by atoms with Crippen LogP contribution in [0.2, 0.25) is 0 Å². The summed E-state index contributed by atoms with van der Waals surface area (Å²) in [4.78, 5) is 6.99. The minimum absolute atomic E-state index is 0.465. The monoisotopic (exact) mass is 879 g/mol. The minimum atomic E-state index is -0.657. The van der Waals surface area contributed by atoms with Crippen molar-refractivity contribution in [1.82, 2.24) is 9.55 Å². The van der Waals surface area contributed by atoms with Gasteiger partial charge in [-0.05, 0) is 134 Å². The largest absolute Gasteiger partial charge is 0.310 e. The van der Waals surface area contributed by atoms with E-state index in [1.54, 1.807) is 6.20 Å². The van der Waals surface area contributed by atoms with Crippen molar-refractivity contribution in [3.63, 3.8) is 0 Å². The number of benzene rings is 9. The van der Waals surface area contributed by atoms with E-state index in [2.05, 4.69) is 228 Å². The number of aromatic nitrogens is 2. The van der Waals surface area contributed by atoms with E-state index >= 15 is 0 Å². The van der Waals surface area contributed by atoms with E-state index < -0.39 is 5.41 Å². The quantitative estimate of drug-likeness (QED) is 0.173. The molecule has 1 spiro atoms. The van der Waals surface area contributed by atoms with E-state index in [0.717, 1.165) is 94.5 Å². The lowest BCUT2D eigenvalue weighted by Gasteiger charge is -2.45. The van der Waals surface area contributed by atoms with Crippen molar-refractivity contribution in [1.29, 1.82) is 10.5 Å². The lowest BCUT2D eigenvalue weighted by molar-refractivity contribution is 0.753. The van der Waals surface area contributed by atoms with Gasteiger partial charge in [0.15, 0.2) is 0 Å². The number of hydrogen-bond donors (Lipinski definition) is 0. The summed E-state index contributed by atoms with van der Waals surface area (Å²) in [5, 5.41) is 24.8. The van der Waals surface area contributed by atoms with Crippen molar-refractivity contribution in [3.8, 4) is 62.3 Å². The highest BCUT2D eigenvalue weighted by Gasteiger charge is 2.52. The summed E-state index contributed by atoms with van der Waals surface area (Å²) in [6.07, 6.45) is 3.69. The van der Waals surface area contributed by atoms with Gasteiger partial charge in [0.05, 0.1) is 44.6 Å². The molecule has 1 aliphatic carbocycles. The molecule has 0 fully saturated rings. The molecule has 0 saturated carbocycles. The van der Waals surface area contributed by atoms with Gasteiger partial charge >= 0.3 is 0 Å². The molecule has 13 rings (SSSR count).